The maximum Gasteiger partial charge on any atom is 0.306 e. The number of halogens is 5. The van der Waals surface area contributed by atoms with E-state index in [2.05, 4.69) is 15.6 Å². The molecule has 1 fully saturated rings. The average molecular weight is 650 g/mol. The molecule has 5 rings (SSSR count). The third-order valence-corrected chi connectivity index (χ3v) is 8.61. The Morgan fingerprint density at radius 2 is 2.07 bits per heavy atom. The van der Waals surface area contributed by atoms with E-state index in [1.54, 1.807) is 17.5 Å². The Hall–Kier alpha value is -3.08. The molecule has 2 aromatic heterocycles. The zero-order valence-corrected chi connectivity index (χ0v) is 24.2. The van der Waals surface area contributed by atoms with Crippen LogP contribution in [-0.4, -0.2) is 53.5 Å². The molecule has 42 heavy (non-hydrogen) atoms. The Balaban J connectivity index is 1.25. The monoisotopic (exact) mass is 649 g/mol. The standard InChI is InChI=1S/C25H24ClF4N5O5S2/c1-42(37,38)40-20-4-2-3-13(26)22(20)21-9-14(34-39-21)17-11-41-25(32-17)12-5-6-31-15(7-12)19(36)10-35-18(24(29)30)8-16(33-35)23(27)28/h2-4,8,11-12,15,21,23-24,31H,5-7,9-10H2,1H3. The van der Waals surface area contributed by atoms with Gasteiger partial charge in [-0.2, -0.15) is 13.5 Å². The molecule has 0 spiro atoms. The second kappa shape index (κ2) is 12.3. The number of ketones is 1. The van der Waals surface area contributed by atoms with Crippen LogP contribution in [0.25, 0.3) is 0 Å². The summed E-state index contributed by atoms with van der Waals surface area (Å²) in [6, 6.07) is 4.52. The van der Waals surface area contributed by atoms with Crippen molar-refractivity contribution in [3.63, 3.8) is 0 Å². The molecule has 2 aliphatic rings. The van der Waals surface area contributed by atoms with Crippen molar-refractivity contribution in [3.05, 3.63) is 62.3 Å². The zero-order valence-electron chi connectivity index (χ0n) is 21.8. The molecule has 4 heterocycles. The maximum absolute atomic E-state index is 13.3. The Morgan fingerprint density at radius 1 is 1.29 bits per heavy atom. The lowest BCUT2D eigenvalue weighted by atomic mass is 9.90. The summed E-state index contributed by atoms with van der Waals surface area (Å²) in [5.74, 6) is -0.539. The highest BCUT2D eigenvalue weighted by Gasteiger charge is 2.34. The average Bonchev–Trinajstić information content (AvgIpc) is 3.68. The number of hydrogen-bond donors (Lipinski definition) is 1. The lowest BCUT2D eigenvalue weighted by Gasteiger charge is -2.28. The fraction of sp³-hybridized carbons (Fsp3) is 0.440. The SMILES string of the molecule is CS(=O)(=O)Oc1cccc(Cl)c1C1CC(c2csc(C3CCNC(C(=O)Cn4nc(C(F)F)cc4C(F)F)C3)n2)=NO1. The van der Waals surface area contributed by atoms with Crippen LogP contribution in [0.5, 0.6) is 5.75 Å². The van der Waals surface area contributed by atoms with E-state index in [9.17, 15) is 30.8 Å². The van der Waals surface area contributed by atoms with Crippen LogP contribution in [0.15, 0.2) is 34.8 Å². The lowest BCUT2D eigenvalue weighted by Crippen LogP contribution is -2.44. The normalized spacial score (nSPS) is 21.0. The molecule has 0 saturated carbocycles. The van der Waals surface area contributed by atoms with Gasteiger partial charge in [0.1, 0.15) is 23.6 Å². The Kier molecular flexibility index (Phi) is 8.87. The predicted molar refractivity (Wildman–Crippen MR) is 145 cm³/mol. The fourth-order valence-corrected chi connectivity index (χ4v) is 6.60. The van der Waals surface area contributed by atoms with Crippen LogP contribution in [0.2, 0.25) is 5.02 Å². The molecule has 1 saturated heterocycles. The van der Waals surface area contributed by atoms with E-state index >= 15 is 0 Å². The second-order valence-corrected chi connectivity index (χ2v) is 12.7. The van der Waals surface area contributed by atoms with Crippen molar-refractivity contribution in [1.29, 1.82) is 0 Å². The Morgan fingerprint density at radius 3 is 2.79 bits per heavy atom. The summed E-state index contributed by atoms with van der Waals surface area (Å²) in [4.78, 5) is 23.2. The largest absolute Gasteiger partial charge is 0.387 e. The Bertz CT molecular complexity index is 1610. The first-order valence-corrected chi connectivity index (χ1v) is 15.7. The minimum absolute atomic E-state index is 0.0389. The van der Waals surface area contributed by atoms with Gasteiger partial charge in [0.05, 0.1) is 33.6 Å². The molecule has 3 atom stereocenters. The van der Waals surface area contributed by atoms with Gasteiger partial charge in [-0.3, -0.25) is 9.48 Å². The first kappa shape index (κ1) is 30.4. The van der Waals surface area contributed by atoms with Gasteiger partial charge in [-0.15, -0.1) is 11.3 Å². The van der Waals surface area contributed by atoms with E-state index < -0.39 is 58.8 Å². The number of oxime groups is 1. The molecule has 3 aromatic rings. The number of piperidine rings is 1. The number of carbonyl (C=O) groups excluding carboxylic acids is 1. The summed E-state index contributed by atoms with van der Waals surface area (Å²) in [7, 11) is -3.82. The molecule has 0 amide bonds. The summed E-state index contributed by atoms with van der Waals surface area (Å²) in [6.45, 7) is -0.108. The van der Waals surface area contributed by atoms with Crippen molar-refractivity contribution < 1.29 is 39.8 Å². The molecule has 10 nitrogen and oxygen atoms in total. The first-order chi connectivity index (χ1) is 19.9. The quantitative estimate of drug-likeness (QED) is 0.235. The van der Waals surface area contributed by atoms with Crippen LogP contribution in [0.4, 0.5) is 17.6 Å². The van der Waals surface area contributed by atoms with Crippen molar-refractivity contribution >= 4 is 44.6 Å². The zero-order chi connectivity index (χ0) is 30.2. The highest BCUT2D eigenvalue weighted by Crippen LogP contribution is 2.40. The van der Waals surface area contributed by atoms with Crippen molar-refractivity contribution in [2.75, 3.05) is 12.8 Å². The van der Waals surface area contributed by atoms with E-state index in [1.807, 2.05) is 0 Å². The van der Waals surface area contributed by atoms with Gasteiger partial charge in [-0.25, -0.2) is 22.5 Å². The van der Waals surface area contributed by atoms with Crippen LogP contribution < -0.4 is 9.50 Å². The van der Waals surface area contributed by atoms with E-state index in [0.29, 0.717) is 47.1 Å². The van der Waals surface area contributed by atoms with Crippen molar-refractivity contribution in [3.8, 4) is 5.75 Å². The molecule has 1 aromatic carbocycles. The number of carbonyl (C=O) groups is 1. The van der Waals surface area contributed by atoms with Gasteiger partial charge in [0.15, 0.2) is 17.6 Å². The highest BCUT2D eigenvalue weighted by molar-refractivity contribution is 7.86. The molecule has 0 bridgehead atoms. The number of thiazole rings is 1. The van der Waals surface area contributed by atoms with Crippen LogP contribution in [0.3, 0.4) is 0 Å². The summed E-state index contributed by atoms with van der Waals surface area (Å²) in [5, 5.41) is 13.5. The van der Waals surface area contributed by atoms with Gasteiger partial charge in [0.25, 0.3) is 12.9 Å². The lowest BCUT2D eigenvalue weighted by molar-refractivity contribution is -0.122. The van der Waals surface area contributed by atoms with Crippen LogP contribution in [0, 0.1) is 0 Å². The van der Waals surface area contributed by atoms with Gasteiger partial charge in [-0.1, -0.05) is 22.8 Å². The third kappa shape index (κ3) is 6.76. The van der Waals surface area contributed by atoms with E-state index in [-0.39, 0.29) is 23.1 Å². The summed E-state index contributed by atoms with van der Waals surface area (Å²) >= 11 is 7.71. The van der Waals surface area contributed by atoms with Crippen LogP contribution in [0.1, 0.15) is 71.8 Å². The summed E-state index contributed by atoms with van der Waals surface area (Å²) < 4.78 is 81.8. The van der Waals surface area contributed by atoms with Gasteiger partial charge < -0.3 is 14.3 Å². The smallest absolute Gasteiger partial charge is 0.306 e. The molecular weight excluding hydrogens is 626 g/mol. The van der Waals surface area contributed by atoms with E-state index in [4.69, 9.17) is 25.6 Å². The molecule has 0 aliphatic carbocycles. The van der Waals surface area contributed by atoms with Crippen molar-refractivity contribution in [2.45, 2.75) is 56.7 Å². The number of hydrogen-bond acceptors (Lipinski definition) is 10. The van der Waals surface area contributed by atoms with Crippen LogP contribution >= 0.6 is 22.9 Å². The molecule has 2 aliphatic heterocycles. The number of Topliss-reactive ketones (excluding diaryl/α,β-unsaturated/α-hetero) is 1. The highest BCUT2D eigenvalue weighted by atomic mass is 35.5. The molecule has 17 heteroatoms. The molecule has 1 N–H and O–H groups in total. The topological polar surface area (TPSA) is 125 Å². The number of nitrogens with zero attached hydrogens (tertiary/aromatic N) is 4. The molecule has 0 radical (unpaired) electrons. The third-order valence-electron chi connectivity index (χ3n) is 6.79. The first-order valence-electron chi connectivity index (χ1n) is 12.7. The van der Waals surface area contributed by atoms with Gasteiger partial charge in [0.2, 0.25) is 0 Å². The minimum atomic E-state index is -3.82. The number of benzene rings is 1. The second-order valence-electron chi connectivity index (χ2n) is 9.79. The van der Waals surface area contributed by atoms with Gasteiger partial charge in [0, 0.05) is 17.7 Å². The van der Waals surface area contributed by atoms with Crippen molar-refractivity contribution in [2.24, 2.45) is 5.16 Å². The summed E-state index contributed by atoms with van der Waals surface area (Å²) in [5.41, 5.74) is -0.138. The summed E-state index contributed by atoms with van der Waals surface area (Å²) in [6.07, 6.45) is -4.64. The van der Waals surface area contributed by atoms with E-state index in [0.717, 1.165) is 11.3 Å². The maximum atomic E-state index is 13.3. The number of aromatic nitrogens is 3. The molecule has 226 valence electrons. The van der Waals surface area contributed by atoms with E-state index in [1.165, 1.54) is 17.4 Å². The van der Waals surface area contributed by atoms with Gasteiger partial charge in [-0.05, 0) is 37.6 Å². The predicted octanol–water partition coefficient (Wildman–Crippen LogP) is 5.18. The number of nitrogens with one attached hydrogen (secondary N) is 1. The fourth-order valence-electron chi connectivity index (χ4n) is 4.86. The number of alkyl halides is 4. The van der Waals surface area contributed by atoms with Crippen LogP contribution in [-0.2, 0) is 26.3 Å². The van der Waals surface area contributed by atoms with Crippen molar-refractivity contribution in [1.82, 2.24) is 20.1 Å². The molecule has 3 unspecified atom stereocenters. The minimum Gasteiger partial charge on any atom is -0.387 e. The van der Waals surface area contributed by atoms with Gasteiger partial charge >= 0.3 is 10.1 Å². The number of rotatable bonds is 10. The Labute approximate surface area is 246 Å². The molecular formula is C25H24ClF4N5O5S2.